The van der Waals surface area contributed by atoms with Gasteiger partial charge in [-0.15, -0.1) is 0 Å². The summed E-state index contributed by atoms with van der Waals surface area (Å²) in [6.45, 7) is 0.0286. The molecule has 0 aromatic carbocycles. The molecule has 2 aromatic rings. The van der Waals surface area contributed by atoms with Crippen molar-refractivity contribution in [3.63, 3.8) is 0 Å². The maximum Gasteiger partial charge on any atom is 0.328 e. The second-order valence-electron chi connectivity index (χ2n) is 5.98. The van der Waals surface area contributed by atoms with Gasteiger partial charge in [0.1, 0.15) is 5.56 Å². The largest absolute Gasteiger partial charge is 0.343 e. The second-order valence-corrected chi connectivity index (χ2v) is 5.98. The standard InChI is InChI=1S/C15H19N5O4/c1-20-8-10(14(22)18-15(20)23)13(21)16-7-11-17-12(19-24-11)9-5-3-2-4-6-9/h8-9H,2-7H2,1H3,(H,16,21)(H,18,22,23). The lowest BCUT2D eigenvalue weighted by Gasteiger charge is -2.17. The highest BCUT2D eigenvalue weighted by atomic mass is 16.5. The van der Waals surface area contributed by atoms with Crippen LogP contribution >= 0.6 is 0 Å². The Morgan fingerprint density at radius 2 is 2.12 bits per heavy atom. The van der Waals surface area contributed by atoms with Gasteiger partial charge in [0, 0.05) is 19.2 Å². The number of rotatable bonds is 4. The fraction of sp³-hybridized carbons (Fsp3) is 0.533. The predicted octanol–water partition coefficient (Wildman–Crippen LogP) is 0.434. The molecule has 3 rings (SSSR count). The van der Waals surface area contributed by atoms with Gasteiger partial charge in [0.05, 0.1) is 6.54 Å². The summed E-state index contributed by atoms with van der Waals surface area (Å²) >= 11 is 0. The van der Waals surface area contributed by atoms with Crippen LogP contribution in [0.1, 0.15) is 60.1 Å². The van der Waals surface area contributed by atoms with Crippen LogP contribution in [-0.4, -0.2) is 25.6 Å². The average Bonchev–Trinajstić information content (AvgIpc) is 3.06. The van der Waals surface area contributed by atoms with Crippen LogP contribution in [0.4, 0.5) is 0 Å². The van der Waals surface area contributed by atoms with Gasteiger partial charge in [-0.2, -0.15) is 4.98 Å². The minimum absolute atomic E-state index is 0.0286. The topological polar surface area (TPSA) is 123 Å². The molecule has 1 fully saturated rings. The van der Waals surface area contributed by atoms with Crippen LogP contribution in [-0.2, 0) is 13.6 Å². The van der Waals surface area contributed by atoms with E-state index in [0.29, 0.717) is 17.6 Å². The lowest BCUT2D eigenvalue weighted by atomic mass is 9.89. The molecule has 0 saturated heterocycles. The molecule has 1 saturated carbocycles. The summed E-state index contributed by atoms with van der Waals surface area (Å²) in [7, 11) is 1.45. The van der Waals surface area contributed by atoms with E-state index < -0.39 is 17.2 Å². The van der Waals surface area contributed by atoms with E-state index in [0.717, 1.165) is 17.4 Å². The fourth-order valence-corrected chi connectivity index (χ4v) is 2.84. The Bertz CT molecular complexity index is 844. The van der Waals surface area contributed by atoms with Gasteiger partial charge in [0.25, 0.3) is 11.5 Å². The first-order valence-corrected chi connectivity index (χ1v) is 7.95. The van der Waals surface area contributed by atoms with Crippen LogP contribution < -0.4 is 16.6 Å². The number of aromatic amines is 1. The van der Waals surface area contributed by atoms with E-state index in [4.69, 9.17) is 4.52 Å². The van der Waals surface area contributed by atoms with E-state index in [1.54, 1.807) is 0 Å². The highest BCUT2D eigenvalue weighted by molar-refractivity contribution is 5.93. The number of hydrogen-bond donors (Lipinski definition) is 2. The van der Waals surface area contributed by atoms with Gasteiger partial charge in [-0.25, -0.2) is 4.79 Å². The quantitative estimate of drug-likeness (QED) is 0.836. The number of amides is 1. The third-order valence-corrected chi connectivity index (χ3v) is 4.21. The van der Waals surface area contributed by atoms with Crippen molar-refractivity contribution in [2.75, 3.05) is 0 Å². The van der Waals surface area contributed by atoms with Gasteiger partial charge in [-0.1, -0.05) is 24.4 Å². The number of aromatic nitrogens is 4. The number of H-pyrrole nitrogens is 1. The molecule has 0 radical (unpaired) electrons. The summed E-state index contributed by atoms with van der Waals surface area (Å²) in [5.74, 6) is 0.687. The Morgan fingerprint density at radius 1 is 1.38 bits per heavy atom. The number of nitrogens with zero attached hydrogens (tertiary/aromatic N) is 3. The molecule has 0 spiro atoms. The molecule has 0 aliphatic heterocycles. The van der Waals surface area contributed by atoms with Crippen molar-refractivity contribution in [3.8, 4) is 0 Å². The molecule has 24 heavy (non-hydrogen) atoms. The van der Waals surface area contributed by atoms with E-state index in [1.807, 2.05) is 0 Å². The van der Waals surface area contributed by atoms with E-state index in [1.165, 1.54) is 32.5 Å². The van der Waals surface area contributed by atoms with Crippen LogP contribution in [0.3, 0.4) is 0 Å². The number of nitrogens with one attached hydrogen (secondary N) is 2. The molecule has 0 atom stereocenters. The van der Waals surface area contributed by atoms with Crippen molar-refractivity contribution in [1.82, 2.24) is 25.0 Å². The Kier molecular flexibility index (Phi) is 4.59. The molecule has 1 aliphatic rings. The molecule has 128 valence electrons. The Morgan fingerprint density at radius 3 is 2.88 bits per heavy atom. The minimum atomic E-state index is -0.732. The summed E-state index contributed by atoms with van der Waals surface area (Å²) in [4.78, 5) is 41.4. The molecule has 9 nitrogen and oxygen atoms in total. The summed E-state index contributed by atoms with van der Waals surface area (Å²) < 4.78 is 6.29. The molecule has 0 unspecified atom stereocenters. The first kappa shape index (κ1) is 16.2. The number of aryl methyl sites for hydroxylation is 1. The smallest absolute Gasteiger partial charge is 0.328 e. The van der Waals surface area contributed by atoms with E-state index in [-0.39, 0.29) is 12.1 Å². The summed E-state index contributed by atoms with van der Waals surface area (Å²) in [5, 5.41) is 6.53. The normalized spacial score (nSPS) is 15.4. The monoisotopic (exact) mass is 333 g/mol. The van der Waals surface area contributed by atoms with Crippen molar-refractivity contribution >= 4 is 5.91 Å². The van der Waals surface area contributed by atoms with Crippen molar-refractivity contribution < 1.29 is 9.32 Å². The molecule has 0 bridgehead atoms. The maximum absolute atomic E-state index is 12.1. The first-order chi connectivity index (χ1) is 11.5. The molecule has 1 aliphatic carbocycles. The van der Waals surface area contributed by atoms with E-state index in [9.17, 15) is 14.4 Å². The predicted molar refractivity (Wildman–Crippen MR) is 83.6 cm³/mol. The van der Waals surface area contributed by atoms with E-state index >= 15 is 0 Å². The van der Waals surface area contributed by atoms with Crippen molar-refractivity contribution in [1.29, 1.82) is 0 Å². The summed E-state index contributed by atoms with van der Waals surface area (Å²) in [5.41, 5.74) is -1.46. The summed E-state index contributed by atoms with van der Waals surface area (Å²) in [6, 6.07) is 0. The molecular formula is C15H19N5O4. The summed E-state index contributed by atoms with van der Waals surface area (Å²) in [6.07, 6.45) is 6.88. The number of hydrogen-bond acceptors (Lipinski definition) is 6. The van der Waals surface area contributed by atoms with Gasteiger partial charge < -0.3 is 14.4 Å². The SMILES string of the molecule is Cn1cc(C(=O)NCc2nc(C3CCCCC3)no2)c(=O)[nH]c1=O. The zero-order valence-electron chi connectivity index (χ0n) is 13.4. The lowest BCUT2D eigenvalue weighted by Crippen LogP contribution is -2.36. The average molecular weight is 333 g/mol. The van der Waals surface area contributed by atoms with Crippen LogP contribution in [0.25, 0.3) is 0 Å². The third-order valence-electron chi connectivity index (χ3n) is 4.21. The van der Waals surface area contributed by atoms with Crippen molar-refractivity contribution in [2.45, 2.75) is 44.6 Å². The highest BCUT2D eigenvalue weighted by Crippen LogP contribution is 2.30. The molecule has 1 amide bonds. The highest BCUT2D eigenvalue weighted by Gasteiger charge is 2.21. The van der Waals surface area contributed by atoms with Crippen LogP contribution in [0.2, 0.25) is 0 Å². The zero-order valence-corrected chi connectivity index (χ0v) is 13.4. The van der Waals surface area contributed by atoms with Gasteiger partial charge in [-0.05, 0) is 12.8 Å². The van der Waals surface area contributed by atoms with Gasteiger partial charge in [-0.3, -0.25) is 14.6 Å². The van der Waals surface area contributed by atoms with Crippen LogP contribution in [0.15, 0.2) is 20.3 Å². The molecule has 2 heterocycles. The first-order valence-electron chi connectivity index (χ1n) is 7.95. The van der Waals surface area contributed by atoms with E-state index in [2.05, 4.69) is 20.4 Å². The molecule has 9 heteroatoms. The Balaban J connectivity index is 1.64. The molecule has 2 N–H and O–H groups in total. The third kappa shape index (κ3) is 3.44. The molecular weight excluding hydrogens is 314 g/mol. The van der Waals surface area contributed by atoms with Crippen molar-refractivity contribution in [3.05, 3.63) is 44.3 Å². The van der Waals surface area contributed by atoms with Gasteiger partial charge in [0.2, 0.25) is 5.89 Å². The van der Waals surface area contributed by atoms with Crippen molar-refractivity contribution in [2.24, 2.45) is 7.05 Å². The number of carbonyl (C=O) groups excluding carboxylic acids is 1. The Hall–Kier alpha value is -2.71. The van der Waals surface area contributed by atoms with Crippen LogP contribution in [0, 0.1) is 0 Å². The second kappa shape index (κ2) is 6.81. The maximum atomic E-state index is 12.1. The van der Waals surface area contributed by atoms with Gasteiger partial charge >= 0.3 is 5.69 Å². The minimum Gasteiger partial charge on any atom is -0.343 e. The number of carbonyl (C=O) groups is 1. The fourth-order valence-electron chi connectivity index (χ4n) is 2.84. The molecule has 2 aromatic heterocycles. The Labute approximate surface area is 137 Å². The van der Waals surface area contributed by atoms with Crippen LogP contribution in [0.5, 0.6) is 0 Å². The lowest BCUT2D eigenvalue weighted by molar-refractivity contribution is 0.0943. The van der Waals surface area contributed by atoms with Gasteiger partial charge in [0.15, 0.2) is 5.82 Å². The zero-order chi connectivity index (χ0) is 17.1.